The van der Waals surface area contributed by atoms with Gasteiger partial charge in [0.25, 0.3) is 0 Å². The Morgan fingerprint density at radius 2 is 1.83 bits per heavy atom. The lowest BCUT2D eigenvalue weighted by Gasteiger charge is -2.14. The van der Waals surface area contributed by atoms with E-state index >= 15 is 0 Å². The predicted octanol–water partition coefficient (Wildman–Crippen LogP) is 4.21. The SMILES string of the molecule is CC(Sc1nccn1C)C(=O)Nc1ccccc1-c1ccccc1. The number of aromatic nitrogens is 2. The number of amides is 1. The highest BCUT2D eigenvalue weighted by atomic mass is 32.2. The normalized spacial score (nSPS) is 11.9. The third kappa shape index (κ3) is 3.68. The van der Waals surface area contributed by atoms with Crippen LogP contribution < -0.4 is 5.32 Å². The minimum absolute atomic E-state index is 0.0358. The molecule has 0 spiro atoms. The first-order valence-electron chi connectivity index (χ1n) is 7.74. The van der Waals surface area contributed by atoms with Crippen LogP contribution in [-0.4, -0.2) is 20.7 Å². The summed E-state index contributed by atoms with van der Waals surface area (Å²) in [6, 6.07) is 17.9. The van der Waals surface area contributed by atoms with Crippen LogP contribution in [0.4, 0.5) is 5.69 Å². The number of benzene rings is 2. The van der Waals surface area contributed by atoms with Crippen molar-refractivity contribution < 1.29 is 4.79 Å². The minimum atomic E-state index is -0.241. The number of thioether (sulfide) groups is 1. The summed E-state index contributed by atoms with van der Waals surface area (Å²) in [6.45, 7) is 1.89. The van der Waals surface area contributed by atoms with Gasteiger partial charge in [-0.25, -0.2) is 4.98 Å². The molecule has 0 aliphatic carbocycles. The van der Waals surface area contributed by atoms with Crippen molar-refractivity contribution in [2.24, 2.45) is 7.05 Å². The number of carbonyl (C=O) groups excluding carboxylic acids is 1. The van der Waals surface area contributed by atoms with Crippen LogP contribution in [0.5, 0.6) is 0 Å². The molecule has 0 aliphatic heterocycles. The van der Waals surface area contributed by atoms with Gasteiger partial charge in [0.15, 0.2) is 5.16 Å². The maximum Gasteiger partial charge on any atom is 0.237 e. The van der Waals surface area contributed by atoms with Crippen molar-refractivity contribution in [2.45, 2.75) is 17.3 Å². The Kier molecular flexibility index (Phi) is 5.01. The van der Waals surface area contributed by atoms with Gasteiger partial charge in [-0.3, -0.25) is 4.79 Å². The smallest absolute Gasteiger partial charge is 0.237 e. The topological polar surface area (TPSA) is 46.9 Å². The maximum atomic E-state index is 12.6. The Hall–Kier alpha value is -2.53. The van der Waals surface area contributed by atoms with Crippen LogP contribution in [0.2, 0.25) is 0 Å². The van der Waals surface area contributed by atoms with E-state index in [1.165, 1.54) is 11.8 Å². The van der Waals surface area contributed by atoms with Crippen LogP contribution in [0.25, 0.3) is 11.1 Å². The summed E-state index contributed by atoms with van der Waals surface area (Å²) in [5.41, 5.74) is 2.92. The second-order valence-corrected chi connectivity index (χ2v) is 6.79. The maximum absolute atomic E-state index is 12.6. The molecule has 0 radical (unpaired) electrons. The van der Waals surface area contributed by atoms with Gasteiger partial charge in [0.2, 0.25) is 5.91 Å². The number of imidazole rings is 1. The highest BCUT2D eigenvalue weighted by molar-refractivity contribution is 8.00. The summed E-state index contributed by atoms with van der Waals surface area (Å²) in [4.78, 5) is 16.8. The lowest BCUT2D eigenvalue weighted by atomic mass is 10.0. The van der Waals surface area contributed by atoms with E-state index in [0.29, 0.717) is 0 Å². The van der Waals surface area contributed by atoms with E-state index in [4.69, 9.17) is 0 Å². The Morgan fingerprint density at radius 1 is 1.12 bits per heavy atom. The predicted molar refractivity (Wildman–Crippen MR) is 99.0 cm³/mol. The Balaban J connectivity index is 1.76. The van der Waals surface area contributed by atoms with Gasteiger partial charge < -0.3 is 9.88 Å². The van der Waals surface area contributed by atoms with E-state index in [0.717, 1.165) is 22.0 Å². The van der Waals surface area contributed by atoms with Crippen molar-refractivity contribution >= 4 is 23.4 Å². The zero-order chi connectivity index (χ0) is 16.9. The summed E-state index contributed by atoms with van der Waals surface area (Å²) in [5, 5.41) is 3.63. The molecule has 3 aromatic rings. The number of rotatable bonds is 5. The fourth-order valence-corrected chi connectivity index (χ4v) is 3.20. The molecule has 122 valence electrons. The van der Waals surface area contributed by atoms with Crippen LogP contribution in [0.15, 0.2) is 72.1 Å². The zero-order valence-electron chi connectivity index (χ0n) is 13.6. The van der Waals surface area contributed by atoms with E-state index in [-0.39, 0.29) is 11.2 Å². The Bertz CT molecular complexity index is 829. The largest absolute Gasteiger partial charge is 0.329 e. The van der Waals surface area contributed by atoms with Crippen LogP contribution in [0.3, 0.4) is 0 Å². The molecule has 24 heavy (non-hydrogen) atoms. The van der Waals surface area contributed by atoms with Crippen LogP contribution in [0, 0.1) is 0 Å². The fraction of sp³-hybridized carbons (Fsp3) is 0.158. The van der Waals surface area contributed by atoms with E-state index < -0.39 is 0 Å². The summed E-state index contributed by atoms with van der Waals surface area (Å²) in [7, 11) is 1.92. The van der Waals surface area contributed by atoms with Crippen molar-refractivity contribution in [1.82, 2.24) is 9.55 Å². The van der Waals surface area contributed by atoms with Gasteiger partial charge in [-0.05, 0) is 18.6 Å². The number of para-hydroxylation sites is 1. The van der Waals surface area contributed by atoms with E-state index in [2.05, 4.69) is 10.3 Å². The number of hydrogen-bond donors (Lipinski definition) is 1. The molecule has 2 aromatic carbocycles. The van der Waals surface area contributed by atoms with Crippen molar-refractivity contribution in [3.05, 3.63) is 67.0 Å². The van der Waals surface area contributed by atoms with Gasteiger partial charge in [-0.2, -0.15) is 0 Å². The average Bonchev–Trinajstić information content (AvgIpc) is 3.01. The van der Waals surface area contributed by atoms with Gasteiger partial charge in [-0.1, -0.05) is 60.3 Å². The first-order valence-corrected chi connectivity index (χ1v) is 8.62. The standard InChI is InChI=1S/C19H19N3OS/c1-14(24-19-20-12-13-22(19)2)18(23)21-17-11-7-6-10-16(17)15-8-4-3-5-9-15/h3-14H,1-2H3,(H,21,23). The molecule has 0 fully saturated rings. The van der Waals surface area contributed by atoms with Crippen LogP contribution in [0.1, 0.15) is 6.92 Å². The number of anilines is 1. The molecule has 4 nitrogen and oxygen atoms in total. The van der Waals surface area contributed by atoms with E-state index in [1.807, 2.05) is 79.3 Å². The van der Waals surface area contributed by atoms with Gasteiger partial charge in [0.1, 0.15) is 0 Å². The van der Waals surface area contributed by atoms with Crippen molar-refractivity contribution in [1.29, 1.82) is 0 Å². The van der Waals surface area contributed by atoms with E-state index in [9.17, 15) is 4.79 Å². The first kappa shape index (κ1) is 16.3. The Morgan fingerprint density at radius 3 is 2.54 bits per heavy atom. The monoisotopic (exact) mass is 337 g/mol. The van der Waals surface area contributed by atoms with Gasteiger partial charge >= 0.3 is 0 Å². The van der Waals surface area contributed by atoms with Crippen molar-refractivity contribution in [2.75, 3.05) is 5.32 Å². The molecule has 1 N–H and O–H groups in total. The Labute approximate surface area is 145 Å². The number of hydrogen-bond acceptors (Lipinski definition) is 3. The van der Waals surface area contributed by atoms with Gasteiger partial charge in [-0.15, -0.1) is 0 Å². The lowest BCUT2D eigenvalue weighted by Crippen LogP contribution is -2.23. The molecule has 1 aromatic heterocycles. The van der Waals surface area contributed by atoms with Crippen molar-refractivity contribution in [3.8, 4) is 11.1 Å². The second-order valence-electron chi connectivity index (χ2n) is 5.48. The summed E-state index contributed by atoms with van der Waals surface area (Å²) >= 11 is 1.45. The molecule has 1 amide bonds. The molecule has 1 heterocycles. The summed E-state index contributed by atoms with van der Waals surface area (Å²) in [5.74, 6) is -0.0358. The molecule has 0 bridgehead atoms. The third-order valence-electron chi connectivity index (χ3n) is 3.70. The zero-order valence-corrected chi connectivity index (χ0v) is 14.5. The molecule has 1 atom stereocenters. The van der Waals surface area contributed by atoms with Crippen LogP contribution >= 0.6 is 11.8 Å². The molecular weight excluding hydrogens is 318 g/mol. The third-order valence-corrected chi connectivity index (χ3v) is 4.87. The average molecular weight is 337 g/mol. The van der Waals surface area contributed by atoms with E-state index in [1.54, 1.807) is 6.20 Å². The number of aryl methyl sites for hydroxylation is 1. The highest BCUT2D eigenvalue weighted by Gasteiger charge is 2.18. The van der Waals surface area contributed by atoms with Crippen molar-refractivity contribution in [3.63, 3.8) is 0 Å². The molecule has 0 aliphatic rings. The molecule has 5 heteroatoms. The second kappa shape index (κ2) is 7.36. The summed E-state index contributed by atoms with van der Waals surface area (Å²) in [6.07, 6.45) is 3.61. The fourth-order valence-electron chi connectivity index (χ4n) is 2.37. The number of nitrogens with zero attached hydrogens (tertiary/aromatic N) is 2. The van der Waals surface area contributed by atoms with Crippen LogP contribution in [-0.2, 0) is 11.8 Å². The molecule has 0 saturated carbocycles. The number of carbonyl (C=O) groups is 1. The minimum Gasteiger partial charge on any atom is -0.329 e. The quantitative estimate of drug-likeness (QED) is 0.710. The highest BCUT2D eigenvalue weighted by Crippen LogP contribution is 2.29. The van der Waals surface area contributed by atoms with Gasteiger partial charge in [0, 0.05) is 30.7 Å². The molecular formula is C19H19N3OS. The first-order chi connectivity index (χ1) is 11.6. The molecule has 0 saturated heterocycles. The molecule has 3 rings (SSSR count). The lowest BCUT2D eigenvalue weighted by molar-refractivity contribution is -0.115. The number of nitrogens with one attached hydrogen (secondary N) is 1. The summed E-state index contributed by atoms with van der Waals surface area (Å²) < 4.78 is 1.91. The van der Waals surface area contributed by atoms with Gasteiger partial charge in [0.05, 0.1) is 5.25 Å². The molecule has 1 unspecified atom stereocenters.